The van der Waals surface area contributed by atoms with Crippen LogP contribution < -0.4 is 9.47 Å². The molecule has 0 amide bonds. The van der Waals surface area contributed by atoms with Gasteiger partial charge in [-0.25, -0.2) is 0 Å². The highest BCUT2D eigenvalue weighted by Crippen LogP contribution is 2.32. The molecule has 0 saturated carbocycles. The smallest absolute Gasteiger partial charge is 0.174 e. The monoisotopic (exact) mass is 382 g/mol. The molecule has 1 aromatic heterocycles. The van der Waals surface area contributed by atoms with Crippen LogP contribution in [0.15, 0.2) is 71.3 Å². The van der Waals surface area contributed by atoms with Crippen LogP contribution in [0.4, 0.5) is 0 Å². The molecule has 0 aliphatic carbocycles. The van der Waals surface area contributed by atoms with Gasteiger partial charge in [-0.1, -0.05) is 41.6 Å². The molecule has 0 radical (unpaired) electrons. The van der Waals surface area contributed by atoms with Crippen LogP contribution >= 0.6 is 0 Å². The van der Waals surface area contributed by atoms with Gasteiger partial charge in [-0.2, -0.15) is 5.26 Å². The highest BCUT2D eigenvalue weighted by atomic mass is 16.5. The van der Waals surface area contributed by atoms with Crippen molar-refractivity contribution in [3.05, 3.63) is 77.9 Å². The zero-order chi connectivity index (χ0) is 20.2. The van der Waals surface area contributed by atoms with E-state index in [0.717, 1.165) is 27.6 Å². The lowest BCUT2D eigenvalue weighted by Crippen LogP contribution is -1.92. The molecule has 0 aliphatic rings. The highest BCUT2D eigenvalue weighted by molar-refractivity contribution is 5.96. The predicted octanol–water partition coefficient (Wildman–Crippen LogP) is 5.58. The number of allylic oxidation sites excluding steroid dienone is 1. The van der Waals surface area contributed by atoms with Gasteiger partial charge >= 0.3 is 0 Å². The number of nitriles is 1. The summed E-state index contributed by atoms with van der Waals surface area (Å²) in [5.41, 5.74) is 3.87. The normalized spacial score (nSPS) is 11.3. The van der Waals surface area contributed by atoms with E-state index in [4.69, 9.17) is 14.0 Å². The molecule has 4 rings (SSSR count). The lowest BCUT2D eigenvalue weighted by molar-refractivity contribution is 0.355. The Hall–Kier alpha value is -4.04. The van der Waals surface area contributed by atoms with Gasteiger partial charge in [0, 0.05) is 5.56 Å². The van der Waals surface area contributed by atoms with Crippen LogP contribution in [-0.2, 0) is 0 Å². The third-order valence-electron chi connectivity index (χ3n) is 4.66. The van der Waals surface area contributed by atoms with Crippen LogP contribution in [0.2, 0.25) is 0 Å². The summed E-state index contributed by atoms with van der Waals surface area (Å²) < 4.78 is 16.2. The summed E-state index contributed by atoms with van der Waals surface area (Å²) in [7, 11) is 3.15. The van der Waals surface area contributed by atoms with Gasteiger partial charge in [-0.3, -0.25) is 0 Å². The Morgan fingerprint density at radius 1 is 0.966 bits per heavy atom. The number of benzene rings is 3. The first-order chi connectivity index (χ1) is 14.2. The van der Waals surface area contributed by atoms with Gasteiger partial charge in [0.25, 0.3) is 0 Å². The van der Waals surface area contributed by atoms with E-state index in [0.29, 0.717) is 22.8 Å². The lowest BCUT2D eigenvalue weighted by atomic mass is 10.0. The van der Waals surface area contributed by atoms with Crippen molar-refractivity contribution < 1.29 is 14.0 Å². The zero-order valence-electron chi connectivity index (χ0n) is 16.0. The molecule has 0 N–H and O–H groups in total. The largest absolute Gasteiger partial charge is 0.493 e. The molecule has 0 unspecified atom stereocenters. The van der Waals surface area contributed by atoms with E-state index in [1.807, 2.05) is 60.7 Å². The molecule has 0 saturated heterocycles. The van der Waals surface area contributed by atoms with Gasteiger partial charge < -0.3 is 14.0 Å². The van der Waals surface area contributed by atoms with Crippen molar-refractivity contribution in [3.63, 3.8) is 0 Å². The molecule has 3 aromatic carbocycles. The van der Waals surface area contributed by atoms with E-state index in [9.17, 15) is 5.26 Å². The standard InChI is InChI=1S/C24H18N2O3/c1-27-22-11-9-18(14-23(22)28-2)19(15-25)12-16-8-10-21-20(13-16)24(29-26-21)17-6-4-3-5-7-17/h3-14H,1-2H3/b19-12+. The minimum absolute atomic E-state index is 0.517. The van der Waals surface area contributed by atoms with Crippen molar-refractivity contribution >= 4 is 22.6 Å². The van der Waals surface area contributed by atoms with Gasteiger partial charge in [0.15, 0.2) is 17.3 Å². The number of methoxy groups -OCH3 is 2. The molecule has 5 nitrogen and oxygen atoms in total. The second-order valence-corrected chi connectivity index (χ2v) is 6.39. The third-order valence-corrected chi connectivity index (χ3v) is 4.66. The number of hydrogen-bond acceptors (Lipinski definition) is 5. The number of hydrogen-bond donors (Lipinski definition) is 0. The van der Waals surface area contributed by atoms with E-state index >= 15 is 0 Å². The summed E-state index contributed by atoms with van der Waals surface area (Å²) in [6.07, 6.45) is 1.84. The molecular formula is C24H18N2O3. The molecule has 142 valence electrons. The molecule has 0 fully saturated rings. The first-order valence-electron chi connectivity index (χ1n) is 9.02. The minimum atomic E-state index is 0.517. The predicted molar refractivity (Wildman–Crippen MR) is 112 cm³/mol. The van der Waals surface area contributed by atoms with Crippen LogP contribution in [0.3, 0.4) is 0 Å². The van der Waals surface area contributed by atoms with Crippen LogP contribution in [0.25, 0.3) is 33.9 Å². The second-order valence-electron chi connectivity index (χ2n) is 6.39. The Balaban J connectivity index is 1.78. The number of fused-ring (bicyclic) bond motifs is 1. The number of ether oxygens (including phenoxy) is 2. The first kappa shape index (κ1) is 18.3. The van der Waals surface area contributed by atoms with Crippen molar-refractivity contribution in [1.29, 1.82) is 5.26 Å². The Morgan fingerprint density at radius 3 is 2.48 bits per heavy atom. The molecule has 0 atom stereocenters. The molecule has 0 spiro atoms. The fourth-order valence-corrected chi connectivity index (χ4v) is 3.20. The zero-order valence-corrected chi connectivity index (χ0v) is 16.0. The maximum Gasteiger partial charge on any atom is 0.174 e. The Morgan fingerprint density at radius 2 is 1.76 bits per heavy atom. The number of aromatic nitrogens is 1. The average Bonchev–Trinajstić information content (AvgIpc) is 3.20. The van der Waals surface area contributed by atoms with Crippen LogP contribution in [0.1, 0.15) is 11.1 Å². The van der Waals surface area contributed by atoms with Gasteiger partial charge in [0.1, 0.15) is 5.52 Å². The van der Waals surface area contributed by atoms with Gasteiger partial charge in [-0.05, 0) is 47.5 Å². The van der Waals surface area contributed by atoms with Gasteiger partial charge in [0.05, 0.1) is 31.2 Å². The van der Waals surface area contributed by atoms with Crippen LogP contribution in [0.5, 0.6) is 11.5 Å². The summed E-state index contributed by atoms with van der Waals surface area (Å²) in [5, 5.41) is 14.8. The van der Waals surface area contributed by atoms with Gasteiger partial charge in [0.2, 0.25) is 0 Å². The second kappa shape index (κ2) is 7.91. The number of nitrogens with zero attached hydrogens (tertiary/aromatic N) is 2. The van der Waals surface area contributed by atoms with E-state index in [1.54, 1.807) is 26.4 Å². The maximum absolute atomic E-state index is 9.72. The van der Waals surface area contributed by atoms with E-state index < -0.39 is 0 Å². The summed E-state index contributed by atoms with van der Waals surface area (Å²) in [5.74, 6) is 1.90. The quantitative estimate of drug-likeness (QED) is 0.333. The number of rotatable bonds is 5. The summed E-state index contributed by atoms with van der Waals surface area (Å²) in [4.78, 5) is 0. The van der Waals surface area contributed by atoms with E-state index in [2.05, 4.69) is 11.2 Å². The minimum Gasteiger partial charge on any atom is -0.493 e. The first-order valence-corrected chi connectivity index (χ1v) is 9.02. The lowest BCUT2D eigenvalue weighted by Gasteiger charge is -2.09. The topological polar surface area (TPSA) is 68.3 Å². The van der Waals surface area contributed by atoms with Crippen molar-refractivity contribution in [3.8, 4) is 28.9 Å². The maximum atomic E-state index is 9.72. The van der Waals surface area contributed by atoms with Gasteiger partial charge in [-0.15, -0.1) is 0 Å². The molecular weight excluding hydrogens is 364 g/mol. The van der Waals surface area contributed by atoms with Crippen molar-refractivity contribution in [2.24, 2.45) is 0 Å². The van der Waals surface area contributed by atoms with Crippen LogP contribution in [-0.4, -0.2) is 19.4 Å². The molecule has 5 heteroatoms. The van der Waals surface area contributed by atoms with Crippen molar-refractivity contribution in [2.45, 2.75) is 0 Å². The summed E-state index contributed by atoms with van der Waals surface area (Å²) in [6.45, 7) is 0. The summed E-state index contributed by atoms with van der Waals surface area (Å²) in [6, 6.07) is 23.3. The molecule has 4 aromatic rings. The van der Waals surface area contributed by atoms with E-state index in [-0.39, 0.29) is 0 Å². The van der Waals surface area contributed by atoms with Crippen molar-refractivity contribution in [1.82, 2.24) is 5.16 Å². The average molecular weight is 382 g/mol. The Kier molecular flexibility index (Phi) is 5.00. The highest BCUT2D eigenvalue weighted by Gasteiger charge is 2.12. The van der Waals surface area contributed by atoms with Crippen molar-refractivity contribution in [2.75, 3.05) is 14.2 Å². The van der Waals surface area contributed by atoms with E-state index in [1.165, 1.54) is 0 Å². The molecule has 1 heterocycles. The fraction of sp³-hybridized carbons (Fsp3) is 0.0833. The SMILES string of the molecule is COc1ccc(/C(C#N)=C/c2ccc3noc(-c4ccccc4)c3c2)cc1OC. The molecule has 29 heavy (non-hydrogen) atoms. The molecule has 0 bridgehead atoms. The Bertz CT molecular complexity index is 1230. The van der Waals surface area contributed by atoms with Crippen LogP contribution in [0, 0.1) is 11.3 Å². The fourth-order valence-electron chi connectivity index (χ4n) is 3.20. The summed E-state index contributed by atoms with van der Waals surface area (Å²) >= 11 is 0. The Labute approximate surface area is 168 Å². The third kappa shape index (κ3) is 3.56. The molecule has 0 aliphatic heterocycles.